The van der Waals surface area contributed by atoms with Crippen LogP contribution in [0, 0.1) is 5.82 Å². The lowest BCUT2D eigenvalue weighted by Gasteiger charge is -2.08. The molecule has 0 spiro atoms. The normalized spacial score (nSPS) is 10.7. The highest BCUT2D eigenvalue weighted by molar-refractivity contribution is 9.10. The zero-order chi connectivity index (χ0) is 13.9. The van der Waals surface area contributed by atoms with Crippen molar-refractivity contribution < 1.29 is 9.13 Å². The molecule has 0 amide bonds. The van der Waals surface area contributed by atoms with Gasteiger partial charge in [-0.05, 0) is 52.7 Å². The summed E-state index contributed by atoms with van der Waals surface area (Å²) in [7, 11) is 0. The summed E-state index contributed by atoms with van der Waals surface area (Å²) in [5.74, 6) is 0.540. The molecular weight excluding hydrogens is 319 g/mol. The summed E-state index contributed by atoms with van der Waals surface area (Å²) in [5.41, 5.74) is 0.820. The third-order valence-corrected chi connectivity index (χ3v) is 3.56. The van der Waals surface area contributed by atoms with Crippen molar-refractivity contribution in [1.82, 2.24) is 0 Å². The number of rotatable bonds is 3. The minimum Gasteiger partial charge on any atom is -0.489 e. The summed E-state index contributed by atoms with van der Waals surface area (Å²) in [6.07, 6.45) is 0. The molecule has 0 radical (unpaired) electrons. The molecule has 1 nitrogen and oxygen atoms in total. The van der Waals surface area contributed by atoms with Crippen LogP contribution in [0.25, 0.3) is 10.8 Å². The molecule has 3 aromatic rings. The maximum Gasteiger partial charge on any atom is 0.123 e. The molecule has 0 saturated heterocycles. The third-order valence-electron chi connectivity index (χ3n) is 3.07. The zero-order valence-electron chi connectivity index (χ0n) is 10.6. The summed E-state index contributed by atoms with van der Waals surface area (Å²) in [5, 5.41) is 2.27. The molecule has 0 fully saturated rings. The lowest BCUT2D eigenvalue weighted by Crippen LogP contribution is -1.95. The second-order valence-electron chi connectivity index (χ2n) is 4.57. The van der Waals surface area contributed by atoms with Crippen LogP contribution in [0.2, 0.25) is 0 Å². The Bertz CT molecular complexity index is 755. The molecule has 0 bridgehead atoms. The fraction of sp³-hybridized carbons (Fsp3) is 0.0588. The molecule has 0 aliphatic heterocycles. The van der Waals surface area contributed by atoms with Gasteiger partial charge in [0.05, 0.1) is 0 Å². The van der Waals surface area contributed by atoms with E-state index >= 15 is 0 Å². The summed E-state index contributed by atoms with van der Waals surface area (Å²) in [6, 6.07) is 18.5. The second-order valence-corrected chi connectivity index (χ2v) is 5.49. The van der Waals surface area contributed by atoms with Crippen molar-refractivity contribution in [3.8, 4) is 5.75 Å². The highest BCUT2D eigenvalue weighted by Crippen LogP contribution is 2.24. The van der Waals surface area contributed by atoms with Crippen molar-refractivity contribution >= 4 is 26.7 Å². The highest BCUT2D eigenvalue weighted by Gasteiger charge is 2.00. The van der Waals surface area contributed by atoms with Gasteiger partial charge in [-0.25, -0.2) is 4.39 Å². The van der Waals surface area contributed by atoms with Gasteiger partial charge >= 0.3 is 0 Å². The number of fused-ring (bicyclic) bond motifs is 1. The maximum absolute atomic E-state index is 13.1. The van der Waals surface area contributed by atoms with Crippen LogP contribution in [0.15, 0.2) is 65.1 Å². The maximum atomic E-state index is 13.1. The molecule has 0 aromatic heterocycles. The van der Waals surface area contributed by atoms with Crippen molar-refractivity contribution in [3.63, 3.8) is 0 Å². The summed E-state index contributed by atoms with van der Waals surface area (Å²) < 4.78 is 19.8. The van der Waals surface area contributed by atoms with Crippen molar-refractivity contribution in [2.45, 2.75) is 6.61 Å². The van der Waals surface area contributed by atoms with E-state index in [1.807, 2.05) is 36.4 Å². The van der Waals surface area contributed by atoms with E-state index in [4.69, 9.17) is 4.74 Å². The molecule has 0 aliphatic rings. The minimum absolute atomic E-state index is 0.241. The Morgan fingerprint density at radius 1 is 0.900 bits per heavy atom. The number of ether oxygens (including phenoxy) is 1. The first-order valence-corrected chi connectivity index (χ1v) is 7.06. The molecule has 3 heteroatoms. The lowest BCUT2D eigenvalue weighted by molar-refractivity contribution is 0.306. The molecule has 0 N–H and O–H groups in total. The van der Waals surface area contributed by atoms with Gasteiger partial charge in [0.2, 0.25) is 0 Å². The van der Waals surface area contributed by atoms with E-state index in [2.05, 4.69) is 22.0 Å². The van der Waals surface area contributed by atoms with Gasteiger partial charge < -0.3 is 4.74 Å². The van der Waals surface area contributed by atoms with Gasteiger partial charge in [-0.2, -0.15) is 0 Å². The highest BCUT2D eigenvalue weighted by atomic mass is 79.9. The Balaban J connectivity index is 1.79. The number of hydrogen-bond donors (Lipinski definition) is 0. The Hall–Kier alpha value is -1.87. The lowest BCUT2D eigenvalue weighted by atomic mass is 10.1. The molecule has 3 rings (SSSR count). The molecule has 0 saturated carbocycles. The van der Waals surface area contributed by atoms with Crippen molar-refractivity contribution in [2.24, 2.45) is 0 Å². The van der Waals surface area contributed by atoms with E-state index in [0.29, 0.717) is 6.61 Å². The van der Waals surface area contributed by atoms with E-state index < -0.39 is 0 Å². The van der Waals surface area contributed by atoms with Gasteiger partial charge in [0.25, 0.3) is 0 Å². The monoisotopic (exact) mass is 330 g/mol. The van der Waals surface area contributed by atoms with Crippen LogP contribution in [-0.2, 0) is 6.61 Å². The van der Waals surface area contributed by atoms with Crippen LogP contribution in [0.4, 0.5) is 4.39 Å². The summed E-state index contributed by atoms with van der Waals surface area (Å²) >= 11 is 3.45. The van der Waals surface area contributed by atoms with Gasteiger partial charge in [-0.1, -0.05) is 40.2 Å². The fourth-order valence-electron chi connectivity index (χ4n) is 2.08. The average Bonchev–Trinajstić information content (AvgIpc) is 2.45. The van der Waals surface area contributed by atoms with E-state index in [1.54, 1.807) is 6.07 Å². The second kappa shape index (κ2) is 5.63. The van der Waals surface area contributed by atoms with Gasteiger partial charge in [-0.3, -0.25) is 0 Å². The molecule has 100 valence electrons. The molecule has 3 aromatic carbocycles. The van der Waals surface area contributed by atoms with Crippen LogP contribution in [-0.4, -0.2) is 0 Å². The number of benzene rings is 3. The van der Waals surface area contributed by atoms with Crippen molar-refractivity contribution in [3.05, 3.63) is 76.5 Å². The first-order valence-electron chi connectivity index (χ1n) is 6.27. The van der Waals surface area contributed by atoms with Crippen molar-refractivity contribution in [2.75, 3.05) is 0 Å². The Kier molecular flexibility index (Phi) is 3.70. The predicted octanol–water partition coefficient (Wildman–Crippen LogP) is 5.32. The Morgan fingerprint density at radius 3 is 2.55 bits per heavy atom. The van der Waals surface area contributed by atoms with Crippen LogP contribution in [0.1, 0.15) is 5.56 Å². The summed E-state index contributed by atoms with van der Waals surface area (Å²) in [4.78, 5) is 0. The smallest absolute Gasteiger partial charge is 0.123 e. The van der Waals surface area contributed by atoms with Crippen LogP contribution >= 0.6 is 15.9 Å². The van der Waals surface area contributed by atoms with Crippen molar-refractivity contribution in [1.29, 1.82) is 0 Å². The van der Waals surface area contributed by atoms with Gasteiger partial charge in [0, 0.05) is 4.47 Å². The number of halogens is 2. The van der Waals surface area contributed by atoms with Gasteiger partial charge in [-0.15, -0.1) is 0 Å². The topological polar surface area (TPSA) is 9.23 Å². The largest absolute Gasteiger partial charge is 0.489 e. The molecular formula is C17H12BrFO. The quantitative estimate of drug-likeness (QED) is 0.631. The molecule has 0 heterocycles. The first-order chi connectivity index (χ1) is 9.70. The van der Waals surface area contributed by atoms with Crippen LogP contribution in [0.3, 0.4) is 0 Å². The van der Waals surface area contributed by atoms with Gasteiger partial charge in [0.1, 0.15) is 18.2 Å². The first kappa shape index (κ1) is 13.1. The Labute approximate surface area is 125 Å². The average molecular weight is 331 g/mol. The van der Waals surface area contributed by atoms with Crippen LogP contribution in [0.5, 0.6) is 5.75 Å². The molecule has 0 atom stereocenters. The molecule has 0 aliphatic carbocycles. The van der Waals surface area contributed by atoms with Crippen LogP contribution < -0.4 is 4.74 Å². The number of hydrogen-bond acceptors (Lipinski definition) is 1. The predicted molar refractivity (Wildman–Crippen MR) is 82.4 cm³/mol. The van der Waals surface area contributed by atoms with E-state index in [1.165, 1.54) is 12.1 Å². The minimum atomic E-state index is -0.241. The zero-order valence-corrected chi connectivity index (χ0v) is 12.2. The fourth-order valence-corrected chi connectivity index (χ4v) is 2.46. The van der Waals surface area contributed by atoms with Gasteiger partial charge in [0.15, 0.2) is 0 Å². The van der Waals surface area contributed by atoms with E-state index in [-0.39, 0.29) is 5.82 Å². The third kappa shape index (κ3) is 2.99. The summed E-state index contributed by atoms with van der Waals surface area (Å²) in [6.45, 7) is 0.361. The molecule has 20 heavy (non-hydrogen) atoms. The van der Waals surface area contributed by atoms with E-state index in [9.17, 15) is 4.39 Å². The SMILES string of the molecule is Fc1cccc(COc2ccc3cc(Br)ccc3c2)c1. The molecule has 0 unspecified atom stereocenters. The Morgan fingerprint density at radius 2 is 1.70 bits per heavy atom. The van der Waals surface area contributed by atoms with E-state index in [0.717, 1.165) is 26.6 Å². The standard InChI is InChI=1S/C17H12BrFO/c18-15-6-4-14-10-17(7-5-13(14)9-15)20-11-12-2-1-3-16(19)8-12/h1-10H,11H2.